The fraction of sp³-hybridized carbons (Fsp3) is 0.269. The van der Waals surface area contributed by atoms with E-state index in [1.807, 2.05) is 0 Å². The summed E-state index contributed by atoms with van der Waals surface area (Å²) in [5.74, 6) is -1.48. The number of hydrogen-bond acceptors (Lipinski definition) is 8. The molecule has 0 aliphatic carbocycles. The third-order valence-corrected chi connectivity index (χ3v) is 9.25. The van der Waals surface area contributed by atoms with Gasteiger partial charge in [0, 0.05) is 41.3 Å². The smallest absolute Gasteiger partial charge is 0.422 e. The van der Waals surface area contributed by atoms with Crippen LogP contribution in [0.5, 0.6) is 11.5 Å². The van der Waals surface area contributed by atoms with Crippen LogP contribution in [0, 0.1) is 20.8 Å². The first-order valence-corrected chi connectivity index (χ1v) is 14.7. The Morgan fingerprint density at radius 2 is 1.71 bits per heavy atom. The van der Waals surface area contributed by atoms with Crippen molar-refractivity contribution in [3.63, 3.8) is 0 Å². The van der Waals surface area contributed by atoms with Crippen molar-refractivity contribution in [1.29, 1.82) is 0 Å². The van der Waals surface area contributed by atoms with E-state index >= 15 is 0 Å². The van der Waals surface area contributed by atoms with Gasteiger partial charge in [-0.3, -0.25) is 9.19 Å². The van der Waals surface area contributed by atoms with Crippen molar-refractivity contribution in [3.8, 4) is 11.5 Å². The molecule has 1 atom stereocenters. The average Bonchev–Trinajstić information content (AvgIpc) is 3.28. The van der Waals surface area contributed by atoms with Gasteiger partial charge in [0.25, 0.3) is 10.0 Å². The Kier molecular flexibility index (Phi) is 10.5. The summed E-state index contributed by atoms with van der Waals surface area (Å²) in [5.41, 5.74) is 1.29. The van der Waals surface area contributed by atoms with Crippen molar-refractivity contribution < 1.29 is 45.2 Å². The van der Waals surface area contributed by atoms with E-state index in [0.29, 0.717) is 0 Å². The van der Waals surface area contributed by atoms with Crippen molar-refractivity contribution in [2.24, 2.45) is 0 Å². The van der Waals surface area contributed by atoms with Gasteiger partial charge in [0.1, 0.15) is 11.5 Å². The number of aliphatic carboxylic acids is 1. The van der Waals surface area contributed by atoms with Gasteiger partial charge in [-0.2, -0.15) is 13.2 Å². The molecule has 2 aromatic carbocycles. The molecular weight excluding hydrogens is 610 g/mol. The third kappa shape index (κ3) is 7.32. The maximum absolute atomic E-state index is 14.1. The van der Waals surface area contributed by atoms with Crippen molar-refractivity contribution in [2.75, 3.05) is 13.2 Å². The van der Waals surface area contributed by atoms with E-state index in [4.69, 9.17) is 14.6 Å². The Labute approximate surface area is 263 Å². The summed E-state index contributed by atoms with van der Waals surface area (Å²) in [6.07, 6.45) is -3.35. The van der Waals surface area contributed by atoms with E-state index in [1.54, 1.807) is 18.2 Å². The summed E-state index contributed by atoms with van der Waals surface area (Å²) in [7, 11) is -6.55. The van der Waals surface area contributed by atoms with Crippen LogP contribution in [0.3, 0.4) is 0 Å². The predicted molar refractivity (Wildman–Crippen MR) is 148 cm³/mol. The zero-order chi connectivity index (χ0) is 30.1. The molecule has 42 heavy (non-hydrogen) atoms. The number of carboxylic acids is 1. The second-order valence-corrected chi connectivity index (χ2v) is 12.1. The summed E-state index contributed by atoms with van der Waals surface area (Å²) in [6, 6.07) is 10.3. The largest absolute Gasteiger partial charge is 0.484 e. The van der Waals surface area contributed by atoms with Crippen LogP contribution >= 0.6 is 0 Å². The van der Waals surface area contributed by atoms with Crippen LogP contribution in [0.2, 0.25) is 0 Å². The van der Waals surface area contributed by atoms with Crippen molar-refractivity contribution in [2.45, 2.75) is 42.8 Å². The summed E-state index contributed by atoms with van der Waals surface area (Å²) in [6.45, 7) is 2.36. The number of imidazole rings is 1. The Morgan fingerprint density at radius 1 is 1.07 bits per heavy atom. The van der Waals surface area contributed by atoms with Gasteiger partial charge in [0.2, 0.25) is 5.16 Å². The molecule has 2 heterocycles. The van der Waals surface area contributed by atoms with Crippen LogP contribution in [0.25, 0.3) is 11.0 Å². The number of carboxylic acid groups (broad SMARTS) is 1. The Bertz CT molecular complexity index is 1750. The van der Waals surface area contributed by atoms with Gasteiger partial charge >= 0.3 is 12.1 Å². The zero-order valence-electron chi connectivity index (χ0n) is 22.9. The van der Waals surface area contributed by atoms with E-state index in [1.165, 1.54) is 51.2 Å². The van der Waals surface area contributed by atoms with Gasteiger partial charge in [-0.05, 0) is 62.2 Å². The minimum Gasteiger partial charge on any atom is -0.484 e. The SMILES string of the molecule is Cc1cc(OCC(=O)O)cc(C)c1S(=O)(=O)n1c(S(=O)Cc2nccc(OCC(F)(F)F)c2C)nc2ccccc21.[Na]. The van der Waals surface area contributed by atoms with E-state index in [2.05, 4.69) is 9.97 Å². The van der Waals surface area contributed by atoms with Gasteiger partial charge in [-0.15, -0.1) is 0 Å². The minimum absolute atomic E-state index is 0. The number of alkyl halides is 3. The number of halogens is 3. The Hall–Kier alpha value is -2.98. The first-order valence-electron chi connectivity index (χ1n) is 11.9. The molecule has 4 aromatic rings. The predicted octanol–water partition coefficient (Wildman–Crippen LogP) is 3.93. The molecule has 0 aliphatic heterocycles. The quantitative estimate of drug-likeness (QED) is 0.257. The molecule has 1 N–H and O–H groups in total. The molecule has 1 unspecified atom stereocenters. The minimum atomic E-state index is -4.56. The van der Waals surface area contributed by atoms with Crippen LogP contribution < -0.4 is 9.47 Å². The van der Waals surface area contributed by atoms with Gasteiger partial charge in [0.05, 0.1) is 38.2 Å². The van der Waals surface area contributed by atoms with Gasteiger partial charge in [0.15, 0.2) is 13.2 Å². The summed E-state index contributed by atoms with van der Waals surface area (Å²) in [4.78, 5) is 19.2. The number of fused-ring (bicyclic) bond motifs is 1. The number of aryl methyl sites for hydroxylation is 2. The van der Waals surface area contributed by atoms with Gasteiger partial charge < -0.3 is 14.6 Å². The molecule has 219 valence electrons. The van der Waals surface area contributed by atoms with Crippen molar-refractivity contribution in [1.82, 2.24) is 13.9 Å². The first kappa shape index (κ1) is 33.5. The topological polar surface area (TPSA) is 138 Å². The second-order valence-electron chi connectivity index (χ2n) is 9.00. The fourth-order valence-electron chi connectivity index (χ4n) is 4.20. The average molecular weight is 635 g/mol. The number of para-hydroxylation sites is 2. The van der Waals surface area contributed by atoms with Crippen molar-refractivity contribution >= 4 is 67.4 Å². The molecule has 0 saturated carbocycles. The maximum Gasteiger partial charge on any atom is 0.422 e. The zero-order valence-corrected chi connectivity index (χ0v) is 26.6. The molecule has 1 radical (unpaired) electrons. The van der Waals surface area contributed by atoms with Crippen LogP contribution in [-0.4, -0.2) is 86.6 Å². The number of ether oxygens (including phenoxy) is 2. The number of pyridine rings is 1. The first-order chi connectivity index (χ1) is 19.2. The van der Waals surface area contributed by atoms with E-state index in [-0.39, 0.29) is 90.3 Å². The molecule has 0 spiro atoms. The van der Waals surface area contributed by atoms with Gasteiger partial charge in [-0.1, -0.05) is 12.1 Å². The number of rotatable bonds is 10. The number of hydrogen-bond donors (Lipinski definition) is 1. The van der Waals surface area contributed by atoms with Gasteiger partial charge in [-0.25, -0.2) is 22.2 Å². The molecular formula is C26H24F3N3NaO7S2. The van der Waals surface area contributed by atoms with E-state index in [0.717, 1.165) is 3.97 Å². The normalized spacial score (nSPS) is 12.5. The number of nitrogens with zero attached hydrogens (tertiary/aromatic N) is 3. The molecule has 0 aliphatic rings. The van der Waals surface area contributed by atoms with Crippen LogP contribution in [-0.2, 0) is 31.4 Å². The summed E-state index contributed by atoms with van der Waals surface area (Å²) >= 11 is 0. The Balaban J connectivity index is 0.00000484. The third-order valence-electron chi connectivity index (χ3n) is 5.91. The van der Waals surface area contributed by atoms with Crippen LogP contribution in [0.1, 0.15) is 22.4 Å². The standard InChI is InChI=1S/C26H24F3N3O7S2.Na/c1-15-10-18(38-12-23(33)34)11-16(2)24(15)41(36,37)32-21-7-5-4-6-19(21)31-25(32)40(35)13-20-17(3)22(8-9-30-20)39-14-26(27,28)29;/h4-11H,12-14H2,1-3H3,(H,33,34);. The molecule has 0 fully saturated rings. The molecule has 0 amide bonds. The molecule has 16 heteroatoms. The van der Waals surface area contributed by atoms with Crippen LogP contribution in [0.4, 0.5) is 13.2 Å². The molecule has 0 bridgehead atoms. The maximum atomic E-state index is 14.1. The Morgan fingerprint density at radius 3 is 2.33 bits per heavy atom. The number of aromatic nitrogens is 3. The fourth-order valence-corrected chi connectivity index (χ4v) is 7.67. The number of benzene rings is 2. The number of carbonyl (C=O) groups is 1. The van der Waals surface area contributed by atoms with Crippen molar-refractivity contribution in [3.05, 3.63) is 71.0 Å². The van der Waals surface area contributed by atoms with E-state index in [9.17, 15) is 30.6 Å². The summed E-state index contributed by atoms with van der Waals surface area (Å²) in [5, 5.41) is 8.58. The molecule has 0 saturated heterocycles. The molecule has 10 nitrogen and oxygen atoms in total. The molecule has 4 rings (SSSR count). The monoisotopic (exact) mass is 634 g/mol. The van der Waals surface area contributed by atoms with Crippen LogP contribution in [0.15, 0.2) is 58.7 Å². The second kappa shape index (κ2) is 13.1. The summed E-state index contributed by atoms with van der Waals surface area (Å²) < 4.78 is 90.8. The molecule has 2 aromatic heterocycles. The van der Waals surface area contributed by atoms with E-state index < -0.39 is 46.2 Å².